The second-order valence-corrected chi connectivity index (χ2v) is 15.6. The lowest BCUT2D eigenvalue weighted by atomic mass is 10.0. The summed E-state index contributed by atoms with van der Waals surface area (Å²) in [5.74, 6) is -1.77. The first-order valence-corrected chi connectivity index (χ1v) is 22.1. The van der Waals surface area contributed by atoms with Gasteiger partial charge in [-0.05, 0) is 12.8 Å². The average Bonchev–Trinajstić information content (AvgIpc) is 3.09. The maximum absolute atomic E-state index is 12.6. The van der Waals surface area contributed by atoms with Gasteiger partial charge in [-0.3, -0.25) is 18.6 Å². The summed E-state index contributed by atoms with van der Waals surface area (Å²) < 4.78 is 33.2. The lowest BCUT2D eigenvalue weighted by Gasteiger charge is -2.20. The first-order valence-electron chi connectivity index (χ1n) is 20.6. The van der Waals surface area contributed by atoms with Gasteiger partial charge in [0.2, 0.25) is 0 Å². The second-order valence-electron chi connectivity index (χ2n) is 14.1. The van der Waals surface area contributed by atoms with Gasteiger partial charge in [-0.25, -0.2) is 4.57 Å². The molecule has 0 aromatic rings. The number of nitrogens with two attached hydrogens (primary N) is 1. The number of carbonyl (C=O) groups is 2. The highest BCUT2D eigenvalue weighted by molar-refractivity contribution is 7.47. The van der Waals surface area contributed by atoms with Gasteiger partial charge >= 0.3 is 19.8 Å². The van der Waals surface area contributed by atoms with Crippen molar-refractivity contribution in [2.45, 2.75) is 212 Å². The summed E-state index contributed by atoms with van der Waals surface area (Å²) in [5.41, 5.74) is 5.34. The molecule has 0 fully saturated rings. The molecule has 3 atom stereocenters. The van der Waals surface area contributed by atoms with Crippen LogP contribution in [0.1, 0.15) is 200 Å². The molecule has 0 saturated heterocycles. The van der Waals surface area contributed by atoms with Crippen LogP contribution in [0.2, 0.25) is 0 Å². The molecule has 0 spiro atoms. The minimum atomic E-state index is -4.60. The van der Waals surface area contributed by atoms with Crippen molar-refractivity contribution < 1.29 is 42.7 Å². The standard InChI is InChI=1S/C39H78NO9P/c1-3-5-7-9-11-13-15-16-17-18-19-20-21-23-25-27-29-31-38(41)49-36(34-47-50(44,45)48-35-37(40)39(42)43)33-46-32-30-28-26-24-22-14-12-10-8-6-4-2/h36-37H,3-35,40H2,1-2H3,(H,42,43)(H,44,45). The minimum absolute atomic E-state index is 0.0250. The van der Waals surface area contributed by atoms with Crippen LogP contribution < -0.4 is 5.73 Å². The smallest absolute Gasteiger partial charge is 0.472 e. The van der Waals surface area contributed by atoms with E-state index < -0.39 is 45.1 Å². The Bertz CT molecular complexity index is 816. The van der Waals surface area contributed by atoms with Gasteiger partial charge in [-0.2, -0.15) is 0 Å². The number of carboxylic acid groups (broad SMARTS) is 1. The Morgan fingerprint density at radius 2 is 0.920 bits per heavy atom. The van der Waals surface area contributed by atoms with Crippen molar-refractivity contribution in [2.75, 3.05) is 26.4 Å². The predicted molar refractivity (Wildman–Crippen MR) is 203 cm³/mol. The Kier molecular flexibility index (Phi) is 35.6. The fourth-order valence-electron chi connectivity index (χ4n) is 5.90. The highest BCUT2D eigenvalue weighted by Crippen LogP contribution is 2.43. The Morgan fingerprint density at radius 3 is 1.32 bits per heavy atom. The number of carboxylic acids is 1. The van der Waals surface area contributed by atoms with Crippen molar-refractivity contribution in [1.29, 1.82) is 0 Å². The maximum atomic E-state index is 12.6. The van der Waals surface area contributed by atoms with Crippen LogP contribution in [-0.4, -0.2) is 60.5 Å². The van der Waals surface area contributed by atoms with E-state index in [9.17, 15) is 19.0 Å². The molecule has 11 heteroatoms. The normalized spacial score (nSPS) is 14.0. The number of hydrogen-bond acceptors (Lipinski definition) is 8. The topological polar surface area (TPSA) is 155 Å². The third kappa shape index (κ3) is 35.4. The van der Waals surface area contributed by atoms with Gasteiger partial charge < -0.3 is 25.2 Å². The number of phosphoric ester groups is 1. The molecular weight excluding hydrogens is 657 g/mol. The van der Waals surface area contributed by atoms with Crippen LogP contribution in [0.25, 0.3) is 0 Å². The number of unbranched alkanes of at least 4 members (excludes halogenated alkanes) is 26. The van der Waals surface area contributed by atoms with E-state index in [-0.39, 0.29) is 13.0 Å². The van der Waals surface area contributed by atoms with Gasteiger partial charge in [-0.1, -0.05) is 181 Å². The molecular formula is C39H78NO9P. The highest BCUT2D eigenvalue weighted by Gasteiger charge is 2.27. The van der Waals surface area contributed by atoms with Crippen LogP contribution in [0, 0.1) is 0 Å². The van der Waals surface area contributed by atoms with Gasteiger partial charge in [0.1, 0.15) is 12.1 Å². The fraction of sp³-hybridized carbons (Fsp3) is 0.949. The Labute approximate surface area is 306 Å². The number of phosphoric acid groups is 1. The van der Waals surface area contributed by atoms with Gasteiger partial charge in [0.05, 0.1) is 19.8 Å². The van der Waals surface area contributed by atoms with Gasteiger partial charge in [-0.15, -0.1) is 0 Å². The minimum Gasteiger partial charge on any atom is -0.480 e. The molecule has 50 heavy (non-hydrogen) atoms. The van der Waals surface area contributed by atoms with Crippen LogP contribution in [0.4, 0.5) is 0 Å². The summed E-state index contributed by atoms with van der Waals surface area (Å²) in [6, 6.07) is -1.47. The number of esters is 1. The van der Waals surface area contributed by atoms with E-state index in [1.807, 2.05) is 0 Å². The van der Waals surface area contributed by atoms with Gasteiger partial charge in [0.25, 0.3) is 0 Å². The molecule has 0 amide bonds. The fourth-order valence-corrected chi connectivity index (χ4v) is 6.68. The van der Waals surface area contributed by atoms with Gasteiger partial charge in [0, 0.05) is 13.0 Å². The highest BCUT2D eigenvalue weighted by atomic mass is 31.2. The van der Waals surface area contributed by atoms with E-state index >= 15 is 0 Å². The van der Waals surface area contributed by atoms with Crippen LogP contribution in [0.3, 0.4) is 0 Å². The van der Waals surface area contributed by atoms with Crippen molar-refractivity contribution in [3.05, 3.63) is 0 Å². The van der Waals surface area contributed by atoms with Crippen LogP contribution in [0.15, 0.2) is 0 Å². The van der Waals surface area contributed by atoms with Crippen molar-refractivity contribution in [1.82, 2.24) is 0 Å². The average molecular weight is 736 g/mol. The van der Waals surface area contributed by atoms with Crippen molar-refractivity contribution >= 4 is 19.8 Å². The molecule has 0 rings (SSSR count). The van der Waals surface area contributed by atoms with E-state index in [1.54, 1.807) is 0 Å². The van der Waals surface area contributed by atoms with Crippen molar-refractivity contribution in [3.8, 4) is 0 Å². The van der Waals surface area contributed by atoms with Crippen molar-refractivity contribution in [2.24, 2.45) is 5.73 Å². The molecule has 0 bridgehead atoms. The Balaban J connectivity index is 4.19. The monoisotopic (exact) mass is 736 g/mol. The zero-order chi connectivity index (χ0) is 37.0. The molecule has 0 aromatic carbocycles. The molecule has 3 unspecified atom stereocenters. The van der Waals surface area contributed by atoms with E-state index in [1.165, 1.54) is 141 Å². The first-order chi connectivity index (χ1) is 24.2. The Hall–Kier alpha value is -1.03. The van der Waals surface area contributed by atoms with Crippen LogP contribution >= 0.6 is 7.82 Å². The third-order valence-corrected chi connectivity index (χ3v) is 10.1. The first kappa shape index (κ1) is 49.0. The maximum Gasteiger partial charge on any atom is 0.472 e. The summed E-state index contributed by atoms with van der Waals surface area (Å²) in [6.07, 6.45) is 34.4. The third-order valence-electron chi connectivity index (χ3n) is 9.14. The van der Waals surface area contributed by atoms with Gasteiger partial charge in [0.15, 0.2) is 0 Å². The molecule has 4 N–H and O–H groups in total. The van der Waals surface area contributed by atoms with Crippen LogP contribution in [0.5, 0.6) is 0 Å². The summed E-state index contributed by atoms with van der Waals surface area (Å²) in [5, 5.41) is 8.87. The summed E-state index contributed by atoms with van der Waals surface area (Å²) >= 11 is 0. The Morgan fingerprint density at radius 1 is 0.560 bits per heavy atom. The number of carbonyl (C=O) groups excluding carboxylic acids is 1. The molecule has 10 nitrogen and oxygen atoms in total. The lowest BCUT2D eigenvalue weighted by molar-refractivity contribution is -0.154. The van der Waals surface area contributed by atoms with Crippen LogP contribution in [-0.2, 0) is 32.7 Å². The summed E-state index contributed by atoms with van der Waals surface area (Å²) in [4.78, 5) is 33.4. The molecule has 298 valence electrons. The lowest BCUT2D eigenvalue weighted by Crippen LogP contribution is -2.34. The zero-order valence-electron chi connectivity index (χ0n) is 32.3. The number of hydrogen-bond donors (Lipinski definition) is 3. The number of rotatable bonds is 40. The predicted octanol–water partition coefficient (Wildman–Crippen LogP) is 10.8. The SMILES string of the molecule is CCCCCCCCCCCCCCCCCCCC(=O)OC(COCCCCCCCCCCCCC)COP(=O)(O)OCC(N)C(=O)O. The second kappa shape index (κ2) is 36.3. The molecule has 0 aliphatic heterocycles. The van der Waals surface area contributed by atoms with E-state index in [0.29, 0.717) is 6.61 Å². The molecule has 0 aliphatic carbocycles. The number of aliphatic carboxylic acids is 1. The van der Waals surface area contributed by atoms with E-state index in [0.717, 1.165) is 38.5 Å². The molecule has 0 saturated carbocycles. The zero-order valence-corrected chi connectivity index (χ0v) is 33.2. The van der Waals surface area contributed by atoms with Crippen molar-refractivity contribution in [3.63, 3.8) is 0 Å². The largest absolute Gasteiger partial charge is 0.480 e. The quantitative estimate of drug-likeness (QED) is 0.0314. The summed E-state index contributed by atoms with van der Waals surface area (Å²) in [6.45, 7) is 3.91. The molecule has 0 heterocycles. The summed E-state index contributed by atoms with van der Waals surface area (Å²) in [7, 11) is -4.60. The molecule has 0 aliphatic rings. The number of ether oxygens (including phenoxy) is 2. The molecule has 0 aromatic heterocycles. The molecule has 0 radical (unpaired) electrons. The van der Waals surface area contributed by atoms with E-state index in [2.05, 4.69) is 13.8 Å². The van der Waals surface area contributed by atoms with E-state index in [4.69, 9.17) is 29.4 Å².